The standard InChI is InChI=1S/C19H33N3O4/c1-3-4-11-20-17(23)15-6-5-13(2)22(12-15)19(26)21-16-9-7-14(8-10-16)18(24)25/h13-16H,3-12H2,1-2H3,(H,20,23)(H,21,26)(H,24,25). The van der Waals surface area contributed by atoms with Crippen LogP contribution in [0.15, 0.2) is 0 Å². The molecule has 2 atom stereocenters. The van der Waals surface area contributed by atoms with Crippen LogP contribution in [0.5, 0.6) is 0 Å². The topological polar surface area (TPSA) is 98.7 Å². The first-order chi connectivity index (χ1) is 12.4. The van der Waals surface area contributed by atoms with Gasteiger partial charge in [-0.25, -0.2) is 4.79 Å². The summed E-state index contributed by atoms with van der Waals surface area (Å²) in [5.41, 5.74) is 0. The lowest BCUT2D eigenvalue weighted by atomic mass is 9.86. The molecule has 2 unspecified atom stereocenters. The third-order valence-corrected chi connectivity index (χ3v) is 5.75. The summed E-state index contributed by atoms with van der Waals surface area (Å²) >= 11 is 0. The van der Waals surface area contributed by atoms with Crippen LogP contribution < -0.4 is 10.6 Å². The molecule has 2 rings (SSSR count). The van der Waals surface area contributed by atoms with E-state index in [-0.39, 0.29) is 35.9 Å². The van der Waals surface area contributed by atoms with Gasteiger partial charge in [-0.05, 0) is 51.9 Å². The predicted molar refractivity (Wildman–Crippen MR) is 98.7 cm³/mol. The zero-order chi connectivity index (χ0) is 19.1. The van der Waals surface area contributed by atoms with Gasteiger partial charge in [0.05, 0.1) is 11.8 Å². The number of hydrogen-bond donors (Lipinski definition) is 3. The average Bonchev–Trinajstić information content (AvgIpc) is 2.62. The summed E-state index contributed by atoms with van der Waals surface area (Å²) < 4.78 is 0. The van der Waals surface area contributed by atoms with Gasteiger partial charge in [0.15, 0.2) is 0 Å². The fraction of sp³-hybridized carbons (Fsp3) is 0.842. The molecule has 0 bridgehead atoms. The molecule has 3 N–H and O–H groups in total. The molecule has 7 heteroatoms. The molecule has 1 saturated carbocycles. The quantitative estimate of drug-likeness (QED) is 0.628. The minimum atomic E-state index is -0.739. The SMILES string of the molecule is CCCCNC(=O)C1CCC(C)N(C(=O)NC2CCC(C(=O)O)CC2)C1. The lowest BCUT2D eigenvalue weighted by Crippen LogP contribution is -2.54. The van der Waals surface area contributed by atoms with E-state index >= 15 is 0 Å². The second kappa shape index (κ2) is 9.78. The maximum atomic E-state index is 12.7. The molecule has 148 valence electrons. The van der Waals surface area contributed by atoms with E-state index in [1.54, 1.807) is 4.90 Å². The number of likely N-dealkylation sites (tertiary alicyclic amines) is 1. The number of carboxylic acid groups (broad SMARTS) is 1. The Morgan fingerprint density at radius 3 is 2.31 bits per heavy atom. The highest BCUT2D eigenvalue weighted by Gasteiger charge is 2.34. The number of aliphatic carboxylic acids is 1. The highest BCUT2D eigenvalue weighted by atomic mass is 16.4. The summed E-state index contributed by atoms with van der Waals surface area (Å²) in [5, 5.41) is 15.1. The summed E-state index contributed by atoms with van der Waals surface area (Å²) in [7, 11) is 0. The van der Waals surface area contributed by atoms with Crippen molar-refractivity contribution in [1.29, 1.82) is 0 Å². The number of rotatable bonds is 6. The van der Waals surface area contributed by atoms with Crippen LogP contribution in [0, 0.1) is 11.8 Å². The van der Waals surface area contributed by atoms with Gasteiger partial charge in [0.2, 0.25) is 5.91 Å². The third-order valence-electron chi connectivity index (χ3n) is 5.75. The molecule has 2 fully saturated rings. The van der Waals surface area contributed by atoms with Crippen molar-refractivity contribution < 1.29 is 19.5 Å². The Morgan fingerprint density at radius 1 is 1.04 bits per heavy atom. The second-order valence-electron chi connectivity index (χ2n) is 7.76. The summed E-state index contributed by atoms with van der Waals surface area (Å²) in [4.78, 5) is 37.8. The maximum absolute atomic E-state index is 12.7. The van der Waals surface area contributed by atoms with Crippen molar-refractivity contribution in [2.75, 3.05) is 13.1 Å². The lowest BCUT2D eigenvalue weighted by Gasteiger charge is -2.38. The molecule has 1 saturated heterocycles. The number of nitrogens with one attached hydrogen (secondary N) is 2. The van der Waals surface area contributed by atoms with E-state index in [2.05, 4.69) is 17.6 Å². The first-order valence-corrected chi connectivity index (χ1v) is 10.00. The van der Waals surface area contributed by atoms with Crippen molar-refractivity contribution in [3.8, 4) is 0 Å². The van der Waals surface area contributed by atoms with Crippen LogP contribution in [-0.4, -0.2) is 53.1 Å². The zero-order valence-electron chi connectivity index (χ0n) is 16.0. The summed E-state index contributed by atoms with van der Waals surface area (Å²) in [6, 6.07) is 0.0245. The van der Waals surface area contributed by atoms with Crippen molar-refractivity contribution in [2.24, 2.45) is 11.8 Å². The van der Waals surface area contributed by atoms with Crippen LogP contribution >= 0.6 is 0 Å². The Labute approximate surface area is 155 Å². The van der Waals surface area contributed by atoms with E-state index < -0.39 is 5.97 Å². The number of nitrogens with zero attached hydrogens (tertiary/aromatic N) is 1. The minimum Gasteiger partial charge on any atom is -0.481 e. The molecule has 0 radical (unpaired) electrons. The van der Waals surface area contributed by atoms with Gasteiger partial charge in [-0.1, -0.05) is 13.3 Å². The minimum absolute atomic E-state index is 0.0315. The molecular formula is C19H33N3O4. The number of carboxylic acids is 1. The van der Waals surface area contributed by atoms with Crippen molar-refractivity contribution >= 4 is 17.9 Å². The number of carbonyl (C=O) groups excluding carboxylic acids is 2. The van der Waals surface area contributed by atoms with Crippen molar-refractivity contribution in [2.45, 2.75) is 77.3 Å². The Morgan fingerprint density at radius 2 is 1.69 bits per heavy atom. The van der Waals surface area contributed by atoms with Crippen molar-refractivity contribution in [3.05, 3.63) is 0 Å². The van der Waals surface area contributed by atoms with Crippen LogP contribution in [0.1, 0.15) is 65.2 Å². The summed E-state index contributed by atoms with van der Waals surface area (Å²) in [6.07, 6.45) is 6.27. The monoisotopic (exact) mass is 367 g/mol. The molecule has 1 aliphatic carbocycles. The lowest BCUT2D eigenvalue weighted by molar-refractivity contribution is -0.142. The van der Waals surface area contributed by atoms with Crippen LogP contribution in [0.2, 0.25) is 0 Å². The maximum Gasteiger partial charge on any atom is 0.317 e. The van der Waals surface area contributed by atoms with Gasteiger partial charge in [-0.3, -0.25) is 9.59 Å². The number of amides is 3. The number of unbranched alkanes of at least 4 members (excludes halogenated alkanes) is 1. The molecule has 0 aromatic heterocycles. The fourth-order valence-electron chi connectivity index (χ4n) is 3.88. The summed E-state index contributed by atoms with van der Waals surface area (Å²) in [6.45, 7) is 5.26. The normalized spacial score (nSPS) is 29.1. The number of hydrogen-bond acceptors (Lipinski definition) is 3. The summed E-state index contributed by atoms with van der Waals surface area (Å²) in [5.74, 6) is -1.12. The molecule has 1 aliphatic heterocycles. The van der Waals surface area contributed by atoms with Gasteiger partial charge in [0, 0.05) is 25.2 Å². The highest BCUT2D eigenvalue weighted by Crippen LogP contribution is 2.26. The molecule has 2 aliphatic rings. The van der Waals surface area contributed by atoms with Crippen LogP contribution in [0.25, 0.3) is 0 Å². The number of piperidine rings is 1. The number of urea groups is 1. The van der Waals surface area contributed by atoms with Gasteiger partial charge in [-0.2, -0.15) is 0 Å². The Bertz CT molecular complexity index is 503. The first-order valence-electron chi connectivity index (χ1n) is 10.00. The Balaban J connectivity index is 1.83. The molecule has 1 heterocycles. The van der Waals surface area contributed by atoms with Crippen LogP contribution in [0.4, 0.5) is 4.79 Å². The van der Waals surface area contributed by atoms with Gasteiger partial charge < -0.3 is 20.6 Å². The van der Waals surface area contributed by atoms with E-state index in [1.807, 2.05) is 6.92 Å². The molecule has 0 aromatic rings. The van der Waals surface area contributed by atoms with E-state index in [1.165, 1.54) is 0 Å². The average molecular weight is 367 g/mol. The Kier molecular flexibility index (Phi) is 7.72. The highest BCUT2D eigenvalue weighted by molar-refractivity contribution is 5.81. The molecule has 3 amide bonds. The van der Waals surface area contributed by atoms with E-state index in [0.717, 1.165) is 25.7 Å². The largest absolute Gasteiger partial charge is 0.481 e. The first kappa shape index (κ1) is 20.5. The predicted octanol–water partition coefficient (Wildman–Crippen LogP) is 2.36. The number of carbonyl (C=O) groups is 3. The van der Waals surface area contributed by atoms with Gasteiger partial charge in [-0.15, -0.1) is 0 Å². The van der Waals surface area contributed by atoms with Crippen molar-refractivity contribution in [3.63, 3.8) is 0 Å². The van der Waals surface area contributed by atoms with E-state index in [4.69, 9.17) is 5.11 Å². The molecule has 26 heavy (non-hydrogen) atoms. The molecule has 7 nitrogen and oxygen atoms in total. The second-order valence-corrected chi connectivity index (χ2v) is 7.76. The zero-order valence-corrected chi connectivity index (χ0v) is 16.0. The van der Waals surface area contributed by atoms with Gasteiger partial charge in [0.25, 0.3) is 0 Å². The van der Waals surface area contributed by atoms with Crippen LogP contribution in [0.3, 0.4) is 0 Å². The van der Waals surface area contributed by atoms with Crippen molar-refractivity contribution in [1.82, 2.24) is 15.5 Å². The van der Waals surface area contributed by atoms with Gasteiger partial charge in [0.1, 0.15) is 0 Å². The molecule has 0 aromatic carbocycles. The van der Waals surface area contributed by atoms with Gasteiger partial charge >= 0.3 is 12.0 Å². The molecular weight excluding hydrogens is 334 g/mol. The third kappa shape index (κ3) is 5.61. The van der Waals surface area contributed by atoms with E-state index in [9.17, 15) is 14.4 Å². The fourth-order valence-corrected chi connectivity index (χ4v) is 3.88. The van der Waals surface area contributed by atoms with E-state index in [0.29, 0.717) is 38.8 Å². The van der Waals surface area contributed by atoms with Crippen LogP contribution in [-0.2, 0) is 9.59 Å². The molecule has 0 spiro atoms. The Hall–Kier alpha value is -1.79. The smallest absolute Gasteiger partial charge is 0.317 e.